The Bertz CT molecular complexity index is 936. The van der Waals surface area contributed by atoms with Crippen molar-refractivity contribution in [2.75, 3.05) is 11.9 Å². The van der Waals surface area contributed by atoms with E-state index in [0.717, 1.165) is 17.8 Å². The number of halogens is 2. The van der Waals surface area contributed by atoms with Crippen molar-refractivity contribution in [3.05, 3.63) is 89.8 Å². The average Bonchev–Trinajstić information content (AvgIpc) is 3.10. The summed E-state index contributed by atoms with van der Waals surface area (Å²) in [5.41, 5.74) is 2.65. The van der Waals surface area contributed by atoms with Gasteiger partial charge in [0.05, 0.1) is 6.04 Å². The van der Waals surface area contributed by atoms with E-state index in [1.165, 1.54) is 24.3 Å². The van der Waals surface area contributed by atoms with Crippen molar-refractivity contribution in [3.8, 4) is 0 Å². The molecule has 0 aliphatic carbocycles. The van der Waals surface area contributed by atoms with Crippen molar-refractivity contribution in [3.63, 3.8) is 0 Å². The van der Waals surface area contributed by atoms with E-state index in [0.29, 0.717) is 17.3 Å². The molecule has 1 aliphatic rings. The van der Waals surface area contributed by atoms with Gasteiger partial charge in [-0.15, -0.1) is 0 Å². The summed E-state index contributed by atoms with van der Waals surface area (Å²) in [4.78, 5) is 2.06. The maximum absolute atomic E-state index is 13.5. The van der Waals surface area contributed by atoms with Crippen LogP contribution in [0.25, 0.3) is 0 Å². The Labute approximate surface area is 155 Å². The molecule has 2 aromatic carbocycles. The second kappa shape index (κ2) is 6.88. The fourth-order valence-corrected chi connectivity index (χ4v) is 3.67. The van der Waals surface area contributed by atoms with Gasteiger partial charge in [0.15, 0.2) is 5.11 Å². The van der Waals surface area contributed by atoms with Gasteiger partial charge in [-0.3, -0.25) is 0 Å². The molecular weight excluding hydrogens is 352 g/mol. The van der Waals surface area contributed by atoms with Gasteiger partial charge in [-0.1, -0.05) is 18.2 Å². The summed E-state index contributed by atoms with van der Waals surface area (Å²) in [5, 5.41) is 3.63. The minimum atomic E-state index is -0.319. The molecule has 0 bridgehead atoms. The third kappa shape index (κ3) is 3.20. The molecule has 0 fully saturated rings. The van der Waals surface area contributed by atoms with Gasteiger partial charge < -0.3 is 14.8 Å². The van der Waals surface area contributed by atoms with E-state index in [1.807, 2.05) is 18.3 Å². The first-order chi connectivity index (χ1) is 12.6. The van der Waals surface area contributed by atoms with Crippen molar-refractivity contribution in [1.82, 2.24) is 9.47 Å². The Morgan fingerprint density at radius 1 is 0.962 bits per heavy atom. The van der Waals surface area contributed by atoms with Crippen molar-refractivity contribution >= 4 is 23.0 Å². The number of aromatic nitrogens is 1. The number of hydrogen-bond donors (Lipinski definition) is 1. The van der Waals surface area contributed by atoms with Crippen LogP contribution in [-0.4, -0.2) is 21.1 Å². The number of anilines is 1. The molecule has 0 amide bonds. The second-order valence-corrected chi connectivity index (χ2v) is 6.60. The molecule has 0 radical (unpaired) electrons. The van der Waals surface area contributed by atoms with Gasteiger partial charge in [0.2, 0.25) is 0 Å². The van der Waals surface area contributed by atoms with Gasteiger partial charge in [0.1, 0.15) is 11.6 Å². The number of fused-ring (bicyclic) bond motifs is 1. The van der Waals surface area contributed by atoms with Crippen molar-refractivity contribution < 1.29 is 8.78 Å². The quantitative estimate of drug-likeness (QED) is 0.669. The molecule has 3 aromatic rings. The molecule has 0 saturated carbocycles. The molecule has 26 heavy (non-hydrogen) atoms. The summed E-state index contributed by atoms with van der Waals surface area (Å²) in [7, 11) is 0. The van der Waals surface area contributed by atoms with Gasteiger partial charge >= 0.3 is 0 Å². The molecule has 1 N–H and O–H groups in total. The van der Waals surface area contributed by atoms with Gasteiger partial charge in [0, 0.05) is 30.7 Å². The molecule has 1 aromatic heterocycles. The Morgan fingerprint density at radius 3 is 2.54 bits per heavy atom. The highest BCUT2D eigenvalue weighted by atomic mass is 32.1. The summed E-state index contributed by atoms with van der Waals surface area (Å²) in [5.74, 6) is -0.590. The van der Waals surface area contributed by atoms with Gasteiger partial charge in [-0.05, 0) is 60.2 Å². The second-order valence-electron chi connectivity index (χ2n) is 6.21. The maximum atomic E-state index is 13.5. The van der Waals surface area contributed by atoms with Crippen LogP contribution in [0.2, 0.25) is 0 Å². The number of thiocarbonyl (C=S) groups is 1. The molecule has 2 heterocycles. The van der Waals surface area contributed by atoms with E-state index in [2.05, 4.69) is 14.8 Å². The zero-order valence-electron chi connectivity index (χ0n) is 13.9. The monoisotopic (exact) mass is 369 g/mol. The van der Waals surface area contributed by atoms with Gasteiger partial charge in [-0.25, -0.2) is 8.78 Å². The summed E-state index contributed by atoms with van der Waals surface area (Å²) in [6.07, 6.45) is 2.03. The zero-order chi connectivity index (χ0) is 18.1. The first kappa shape index (κ1) is 16.7. The molecule has 132 valence electrons. The van der Waals surface area contributed by atoms with Crippen LogP contribution in [0.1, 0.15) is 17.3 Å². The molecule has 0 spiro atoms. The Morgan fingerprint density at radius 2 is 1.77 bits per heavy atom. The van der Waals surface area contributed by atoms with Crippen LogP contribution in [-0.2, 0) is 6.54 Å². The van der Waals surface area contributed by atoms with Crippen molar-refractivity contribution in [2.45, 2.75) is 12.6 Å². The molecule has 4 rings (SSSR count). The number of hydrogen-bond acceptors (Lipinski definition) is 1. The Balaban J connectivity index is 1.67. The molecule has 1 atom stereocenters. The summed E-state index contributed by atoms with van der Waals surface area (Å²) >= 11 is 5.61. The lowest BCUT2D eigenvalue weighted by Gasteiger charge is -2.39. The van der Waals surface area contributed by atoms with Gasteiger partial charge in [-0.2, -0.15) is 0 Å². The fraction of sp³-hybridized carbons (Fsp3) is 0.150. The predicted octanol–water partition coefficient (Wildman–Crippen LogP) is 4.57. The highest BCUT2D eigenvalue weighted by Crippen LogP contribution is 2.33. The van der Waals surface area contributed by atoms with E-state index in [9.17, 15) is 8.78 Å². The summed E-state index contributed by atoms with van der Waals surface area (Å²) in [6, 6.07) is 16.6. The molecule has 0 saturated heterocycles. The average molecular weight is 369 g/mol. The third-order valence-electron chi connectivity index (χ3n) is 4.56. The molecule has 0 unspecified atom stereocenters. The molecular formula is C20H17F2N3S. The number of benzene rings is 2. The zero-order valence-corrected chi connectivity index (χ0v) is 14.7. The van der Waals surface area contributed by atoms with Crippen LogP contribution in [0.4, 0.5) is 14.5 Å². The summed E-state index contributed by atoms with van der Waals surface area (Å²) < 4.78 is 29.0. The SMILES string of the molecule is Fc1ccc([C@@H]2c3cccn3CCN2C(=S)Nc2cccc(F)c2)cc1. The van der Waals surface area contributed by atoms with E-state index in [-0.39, 0.29) is 17.7 Å². The van der Waals surface area contributed by atoms with Crippen LogP contribution in [0, 0.1) is 11.6 Å². The van der Waals surface area contributed by atoms with Crippen molar-refractivity contribution in [2.24, 2.45) is 0 Å². The minimum absolute atomic E-state index is 0.132. The molecule has 3 nitrogen and oxygen atoms in total. The molecule has 1 aliphatic heterocycles. The van der Waals surface area contributed by atoms with E-state index in [1.54, 1.807) is 24.3 Å². The molecule has 6 heteroatoms. The topological polar surface area (TPSA) is 20.2 Å². The number of nitrogens with one attached hydrogen (secondary N) is 1. The lowest BCUT2D eigenvalue weighted by atomic mass is 10.0. The standard InChI is InChI=1S/C20H17F2N3S/c21-15-8-6-14(7-9-15)19-18-5-2-10-24(18)11-12-25(19)20(26)23-17-4-1-3-16(22)13-17/h1-10,13,19H,11-12H2,(H,23,26)/t19-/m1/s1. The smallest absolute Gasteiger partial charge is 0.174 e. The number of nitrogens with zero attached hydrogens (tertiary/aromatic N) is 2. The maximum Gasteiger partial charge on any atom is 0.174 e. The fourth-order valence-electron chi connectivity index (χ4n) is 3.36. The van der Waals surface area contributed by atoms with Crippen LogP contribution in [0.15, 0.2) is 66.9 Å². The Kier molecular flexibility index (Phi) is 4.42. The van der Waals surface area contributed by atoms with Crippen LogP contribution in [0.3, 0.4) is 0 Å². The van der Waals surface area contributed by atoms with Gasteiger partial charge in [0.25, 0.3) is 0 Å². The largest absolute Gasteiger partial charge is 0.348 e. The lowest BCUT2D eigenvalue weighted by molar-refractivity contribution is 0.293. The highest BCUT2D eigenvalue weighted by Gasteiger charge is 2.30. The van der Waals surface area contributed by atoms with E-state index >= 15 is 0 Å². The van der Waals surface area contributed by atoms with Crippen LogP contribution < -0.4 is 5.32 Å². The minimum Gasteiger partial charge on any atom is -0.348 e. The van der Waals surface area contributed by atoms with E-state index in [4.69, 9.17) is 12.2 Å². The first-order valence-corrected chi connectivity index (χ1v) is 8.76. The van der Waals surface area contributed by atoms with Crippen molar-refractivity contribution in [1.29, 1.82) is 0 Å². The first-order valence-electron chi connectivity index (χ1n) is 8.35. The lowest BCUT2D eigenvalue weighted by Crippen LogP contribution is -2.44. The Hall–Kier alpha value is -2.73. The highest BCUT2D eigenvalue weighted by molar-refractivity contribution is 7.80. The normalized spacial score (nSPS) is 16.2. The predicted molar refractivity (Wildman–Crippen MR) is 102 cm³/mol. The number of rotatable bonds is 2. The van der Waals surface area contributed by atoms with Crippen LogP contribution >= 0.6 is 12.2 Å². The third-order valence-corrected chi connectivity index (χ3v) is 4.90. The van der Waals surface area contributed by atoms with E-state index < -0.39 is 0 Å². The summed E-state index contributed by atoms with van der Waals surface area (Å²) in [6.45, 7) is 1.50. The van der Waals surface area contributed by atoms with Crippen LogP contribution in [0.5, 0.6) is 0 Å².